The Hall–Kier alpha value is -2.21. The Balaban J connectivity index is 1.86. The molecule has 3 heterocycles. The van der Waals surface area contributed by atoms with Gasteiger partial charge in [0.15, 0.2) is 5.82 Å². The van der Waals surface area contributed by atoms with Crippen LogP contribution in [-0.2, 0) is 0 Å². The molecule has 3 aromatic heterocycles. The van der Waals surface area contributed by atoms with E-state index in [1.54, 1.807) is 11.3 Å². The average molecular weight is 399 g/mol. The summed E-state index contributed by atoms with van der Waals surface area (Å²) in [4.78, 5) is 24.3. The number of rotatable bonds is 3. The van der Waals surface area contributed by atoms with Crippen LogP contribution < -0.4 is 5.56 Å². The van der Waals surface area contributed by atoms with Crippen molar-refractivity contribution in [2.75, 3.05) is 0 Å². The van der Waals surface area contributed by atoms with Gasteiger partial charge in [-0.15, -0.1) is 22.7 Å². The van der Waals surface area contributed by atoms with Gasteiger partial charge in [-0.05, 0) is 37.6 Å². The first kappa shape index (κ1) is 17.2. The van der Waals surface area contributed by atoms with E-state index in [0.717, 1.165) is 20.9 Å². The van der Waals surface area contributed by atoms with Crippen LogP contribution in [0.2, 0.25) is 0 Å². The summed E-state index contributed by atoms with van der Waals surface area (Å²) < 4.78 is 0. The first-order valence-corrected chi connectivity index (χ1v) is 10.1. The van der Waals surface area contributed by atoms with Crippen molar-refractivity contribution in [1.82, 2.24) is 9.97 Å². The fourth-order valence-electron chi connectivity index (χ4n) is 2.91. The lowest BCUT2D eigenvalue weighted by Crippen LogP contribution is -2.10. The number of thiophene rings is 2. The number of hydrogen-bond acceptors (Lipinski definition) is 4. The fourth-order valence-corrected chi connectivity index (χ4v) is 5.05. The van der Waals surface area contributed by atoms with Gasteiger partial charge in [0.2, 0.25) is 0 Å². The van der Waals surface area contributed by atoms with Crippen molar-refractivity contribution < 1.29 is 0 Å². The van der Waals surface area contributed by atoms with Gasteiger partial charge < -0.3 is 4.98 Å². The summed E-state index contributed by atoms with van der Waals surface area (Å²) in [5, 5.41) is 1.05. The molecule has 1 aromatic carbocycles. The maximum Gasteiger partial charge on any atom is 0.260 e. The summed E-state index contributed by atoms with van der Waals surface area (Å²) in [6.45, 7) is 4.06. The van der Waals surface area contributed by atoms with Crippen molar-refractivity contribution in [3.8, 4) is 11.1 Å². The van der Waals surface area contributed by atoms with E-state index in [1.165, 1.54) is 16.2 Å². The van der Waals surface area contributed by atoms with Gasteiger partial charge in [0.1, 0.15) is 4.83 Å². The number of aromatic amines is 1. The number of halogens is 1. The highest BCUT2D eigenvalue weighted by Crippen LogP contribution is 2.36. The van der Waals surface area contributed by atoms with E-state index in [-0.39, 0.29) is 5.56 Å². The molecule has 0 saturated carbocycles. The SMILES string of the molecule is Cc1ccc(/C=C(\Cl)c2nc3sc(C)c(-c4ccccc4)c3c(=O)[nH]2)s1. The van der Waals surface area contributed by atoms with Crippen LogP contribution in [0.5, 0.6) is 0 Å². The Bertz CT molecular complexity index is 1190. The van der Waals surface area contributed by atoms with E-state index in [9.17, 15) is 4.79 Å². The van der Waals surface area contributed by atoms with Gasteiger partial charge >= 0.3 is 0 Å². The van der Waals surface area contributed by atoms with Crippen LogP contribution in [-0.4, -0.2) is 9.97 Å². The molecule has 1 N–H and O–H groups in total. The van der Waals surface area contributed by atoms with Crippen molar-refractivity contribution in [1.29, 1.82) is 0 Å². The number of nitrogens with one attached hydrogen (secondary N) is 1. The molecular formula is C20H15ClN2OS2. The molecule has 0 aliphatic heterocycles. The second-order valence-corrected chi connectivity index (χ2v) is 8.86. The predicted octanol–water partition coefficient (Wildman–Crippen LogP) is 6.07. The van der Waals surface area contributed by atoms with E-state index in [4.69, 9.17) is 11.6 Å². The molecule has 0 aliphatic carbocycles. The first-order chi connectivity index (χ1) is 12.5. The molecule has 0 atom stereocenters. The highest BCUT2D eigenvalue weighted by atomic mass is 35.5. The fraction of sp³-hybridized carbons (Fsp3) is 0.100. The number of nitrogens with zero attached hydrogens (tertiary/aromatic N) is 1. The molecule has 0 saturated heterocycles. The summed E-state index contributed by atoms with van der Waals surface area (Å²) in [5.74, 6) is 0.399. The van der Waals surface area contributed by atoms with Crippen LogP contribution in [0.4, 0.5) is 0 Å². The van der Waals surface area contributed by atoms with Gasteiger partial charge in [0.25, 0.3) is 5.56 Å². The van der Waals surface area contributed by atoms with E-state index >= 15 is 0 Å². The Kier molecular flexibility index (Phi) is 4.53. The highest BCUT2D eigenvalue weighted by Gasteiger charge is 2.17. The molecule has 6 heteroatoms. The minimum absolute atomic E-state index is 0.165. The Labute approximate surface area is 163 Å². The molecule has 3 nitrogen and oxygen atoms in total. The van der Waals surface area contributed by atoms with Crippen LogP contribution in [0.15, 0.2) is 47.3 Å². The average Bonchev–Trinajstić information content (AvgIpc) is 3.18. The minimum atomic E-state index is -0.165. The maximum absolute atomic E-state index is 12.8. The molecule has 0 radical (unpaired) electrons. The molecule has 130 valence electrons. The van der Waals surface area contributed by atoms with Gasteiger partial charge in [-0.1, -0.05) is 41.9 Å². The normalized spacial score (nSPS) is 12.0. The zero-order valence-electron chi connectivity index (χ0n) is 14.2. The summed E-state index contributed by atoms with van der Waals surface area (Å²) in [5.41, 5.74) is 1.80. The van der Waals surface area contributed by atoms with E-state index in [0.29, 0.717) is 21.1 Å². The second-order valence-electron chi connectivity index (χ2n) is 5.93. The quantitative estimate of drug-likeness (QED) is 0.455. The zero-order chi connectivity index (χ0) is 18.3. The monoisotopic (exact) mass is 398 g/mol. The molecule has 0 bridgehead atoms. The molecule has 0 aliphatic rings. The van der Waals surface area contributed by atoms with Gasteiger partial charge in [-0.2, -0.15) is 0 Å². The third-order valence-corrected chi connectivity index (χ3v) is 6.29. The van der Waals surface area contributed by atoms with Crippen LogP contribution in [0.3, 0.4) is 0 Å². The van der Waals surface area contributed by atoms with Crippen molar-refractivity contribution in [2.24, 2.45) is 0 Å². The van der Waals surface area contributed by atoms with Crippen molar-refractivity contribution >= 4 is 55.6 Å². The maximum atomic E-state index is 12.8. The Morgan fingerprint density at radius 3 is 2.58 bits per heavy atom. The number of aromatic nitrogens is 2. The van der Waals surface area contributed by atoms with E-state index in [2.05, 4.69) is 9.97 Å². The lowest BCUT2D eigenvalue weighted by Gasteiger charge is -2.02. The number of H-pyrrole nitrogens is 1. The van der Waals surface area contributed by atoms with E-state index in [1.807, 2.05) is 62.4 Å². The number of fused-ring (bicyclic) bond motifs is 1. The Morgan fingerprint density at radius 2 is 1.88 bits per heavy atom. The van der Waals surface area contributed by atoms with Crippen molar-refractivity contribution in [3.63, 3.8) is 0 Å². The van der Waals surface area contributed by atoms with Crippen LogP contribution in [0, 0.1) is 13.8 Å². The second kappa shape index (κ2) is 6.83. The smallest absolute Gasteiger partial charge is 0.260 e. The number of hydrogen-bond donors (Lipinski definition) is 1. The largest absolute Gasteiger partial charge is 0.305 e. The topological polar surface area (TPSA) is 45.8 Å². The third kappa shape index (κ3) is 3.14. The van der Waals surface area contributed by atoms with Gasteiger partial charge in [0.05, 0.1) is 10.4 Å². The number of aryl methyl sites for hydroxylation is 2. The molecule has 0 amide bonds. The molecule has 4 rings (SSSR count). The van der Waals surface area contributed by atoms with Gasteiger partial charge in [0, 0.05) is 20.2 Å². The van der Waals surface area contributed by atoms with Crippen molar-refractivity contribution in [3.05, 3.63) is 73.3 Å². The standard InChI is InChI=1S/C20H15ClN2OS2/c1-11-8-9-14(25-11)10-15(21)18-22-19(24)17-16(12(2)26-20(17)23-18)13-6-4-3-5-7-13/h3-10H,1-2H3,(H,22,23,24)/b15-10-. The summed E-state index contributed by atoms with van der Waals surface area (Å²) in [6, 6.07) is 14.0. The van der Waals surface area contributed by atoms with Gasteiger partial charge in [-0.3, -0.25) is 4.79 Å². The third-order valence-electron chi connectivity index (χ3n) is 4.06. The summed E-state index contributed by atoms with van der Waals surface area (Å²) >= 11 is 9.59. The molecule has 0 fully saturated rings. The summed E-state index contributed by atoms with van der Waals surface area (Å²) in [6.07, 6.45) is 1.84. The minimum Gasteiger partial charge on any atom is -0.305 e. The van der Waals surface area contributed by atoms with Crippen LogP contribution >= 0.6 is 34.3 Å². The van der Waals surface area contributed by atoms with Crippen molar-refractivity contribution in [2.45, 2.75) is 13.8 Å². The molecule has 26 heavy (non-hydrogen) atoms. The molecular weight excluding hydrogens is 384 g/mol. The number of benzene rings is 1. The zero-order valence-corrected chi connectivity index (χ0v) is 16.6. The lowest BCUT2D eigenvalue weighted by molar-refractivity contribution is 1.14. The predicted molar refractivity (Wildman–Crippen MR) is 113 cm³/mol. The van der Waals surface area contributed by atoms with Crippen LogP contribution in [0.1, 0.15) is 20.5 Å². The molecule has 0 unspecified atom stereocenters. The summed E-state index contributed by atoms with van der Waals surface area (Å²) in [7, 11) is 0. The van der Waals surface area contributed by atoms with E-state index < -0.39 is 0 Å². The van der Waals surface area contributed by atoms with Crippen LogP contribution in [0.25, 0.3) is 32.5 Å². The lowest BCUT2D eigenvalue weighted by atomic mass is 10.0. The molecule has 4 aromatic rings. The Morgan fingerprint density at radius 1 is 1.12 bits per heavy atom. The van der Waals surface area contributed by atoms with Gasteiger partial charge in [-0.25, -0.2) is 4.98 Å². The highest BCUT2D eigenvalue weighted by molar-refractivity contribution is 7.19. The molecule has 0 spiro atoms. The first-order valence-electron chi connectivity index (χ1n) is 8.06.